The molecule has 0 radical (unpaired) electrons. The van der Waals surface area contributed by atoms with E-state index in [1.54, 1.807) is 0 Å². The number of allylic oxidation sites excluding steroid dienone is 17. The van der Waals surface area contributed by atoms with E-state index in [2.05, 4.69) is 123 Å². The minimum atomic E-state index is -4.72. The second-order valence-electron chi connectivity index (χ2n) is 21.8. The van der Waals surface area contributed by atoms with E-state index in [0.717, 1.165) is 103 Å². The monoisotopic (exact) mass is 1090 g/mol. The smallest absolute Gasteiger partial charge is 0.306 e. The van der Waals surface area contributed by atoms with E-state index >= 15 is 0 Å². The van der Waals surface area contributed by atoms with Gasteiger partial charge in [-0.1, -0.05) is 240 Å². The van der Waals surface area contributed by atoms with Gasteiger partial charge in [0.2, 0.25) is 5.91 Å². The van der Waals surface area contributed by atoms with E-state index in [1.807, 2.05) is 33.3 Å². The average molecular weight is 1090 g/mol. The van der Waals surface area contributed by atoms with Crippen LogP contribution in [0.1, 0.15) is 252 Å². The van der Waals surface area contributed by atoms with Crippen LogP contribution in [-0.2, 0) is 27.9 Å². The summed E-state index contributed by atoms with van der Waals surface area (Å²) in [5.74, 6) is -0.619. The second kappa shape index (κ2) is 56.0. The van der Waals surface area contributed by atoms with Gasteiger partial charge in [0.1, 0.15) is 19.3 Å². The molecular formula is C67H117N2O7P. The fraction of sp³-hybridized carbons (Fsp3) is 0.701. The van der Waals surface area contributed by atoms with Crippen LogP contribution in [0.2, 0.25) is 0 Å². The van der Waals surface area contributed by atoms with Gasteiger partial charge in [-0.2, -0.15) is 0 Å². The Hall–Kier alpha value is -3.33. The van der Waals surface area contributed by atoms with Crippen molar-refractivity contribution in [3.63, 3.8) is 0 Å². The fourth-order valence-corrected chi connectivity index (χ4v) is 9.11. The lowest BCUT2D eigenvalue weighted by Crippen LogP contribution is -2.47. The SMILES string of the molecule is CC/C=C\C/C=C\C/C=C\C/C=C\C/C=C\CCCC(=O)OC(/C=C\CCCCCCCCCCC)C(COP(=O)([O-])OCC[N+](C)(C)C)NC(=O)CCCCCCCCCCCC/C=C\C/C=C\C/C=C\CCCCC. The zero-order valence-corrected chi connectivity index (χ0v) is 51.3. The van der Waals surface area contributed by atoms with E-state index in [-0.39, 0.29) is 18.9 Å². The van der Waals surface area contributed by atoms with E-state index in [9.17, 15) is 19.0 Å². The topological polar surface area (TPSA) is 114 Å². The van der Waals surface area contributed by atoms with Crippen molar-refractivity contribution in [2.24, 2.45) is 0 Å². The lowest BCUT2D eigenvalue weighted by atomic mass is 10.0. The number of amides is 1. The van der Waals surface area contributed by atoms with Crippen LogP contribution in [0.3, 0.4) is 0 Å². The molecule has 0 fully saturated rings. The van der Waals surface area contributed by atoms with Gasteiger partial charge < -0.3 is 28.5 Å². The predicted octanol–water partition coefficient (Wildman–Crippen LogP) is 18.7. The van der Waals surface area contributed by atoms with Crippen LogP contribution in [0.4, 0.5) is 0 Å². The van der Waals surface area contributed by atoms with Crippen LogP contribution in [0.15, 0.2) is 109 Å². The first kappa shape index (κ1) is 73.7. The number of hydrogen-bond donors (Lipinski definition) is 1. The summed E-state index contributed by atoms with van der Waals surface area (Å²) < 4.78 is 30.2. The largest absolute Gasteiger partial charge is 0.756 e. The van der Waals surface area contributed by atoms with Crippen LogP contribution >= 0.6 is 7.82 Å². The maximum absolute atomic E-state index is 13.5. The Morgan fingerprint density at radius 2 is 0.844 bits per heavy atom. The number of nitrogens with one attached hydrogen (secondary N) is 1. The Morgan fingerprint density at radius 1 is 0.468 bits per heavy atom. The molecule has 0 bridgehead atoms. The highest BCUT2D eigenvalue weighted by Crippen LogP contribution is 2.38. The van der Waals surface area contributed by atoms with Gasteiger partial charge in [0.05, 0.1) is 33.8 Å². The van der Waals surface area contributed by atoms with Gasteiger partial charge in [0.25, 0.3) is 7.82 Å². The number of ether oxygens (including phenoxy) is 1. The molecule has 77 heavy (non-hydrogen) atoms. The summed E-state index contributed by atoms with van der Waals surface area (Å²) in [4.78, 5) is 39.9. The standard InChI is InChI=1S/C67H117N2O7P/c1-7-10-13-16-19-22-25-27-29-31-32-33-34-35-36-38-39-41-44-47-50-53-56-59-66(70)68-64(63-75-77(72,73)74-62-61-69(4,5)6)65(58-55-52-49-46-43-24-21-18-15-12-9-3)76-67(71)60-57-54-51-48-45-42-40-37-30-28-26-23-20-17-14-11-8-2/h11,14,19-20,22-23,27-30,32-33,40,42,48,51,55,58,64-65H,7-10,12-13,15-18,21,24-26,31,34-39,41,43-47,49-50,52-54,56-57,59-63H2,1-6H3,(H-,68,70,72,73)/b14-11-,22-19-,23-20-,29-27-,30-28-,33-32-,42-40-,51-48-,58-55-. The molecule has 0 rings (SSSR count). The molecular weight excluding hydrogens is 976 g/mol. The summed E-state index contributed by atoms with van der Waals surface area (Å²) in [7, 11) is 1.14. The summed E-state index contributed by atoms with van der Waals surface area (Å²) in [6.45, 7) is 6.65. The summed E-state index contributed by atoms with van der Waals surface area (Å²) in [5.41, 5.74) is 0. The average Bonchev–Trinajstić information content (AvgIpc) is 3.39. The third kappa shape index (κ3) is 57.2. The van der Waals surface area contributed by atoms with Gasteiger partial charge in [0, 0.05) is 12.8 Å². The zero-order valence-electron chi connectivity index (χ0n) is 50.4. The van der Waals surface area contributed by atoms with Gasteiger partial charge >= 0.3 is 5.97 Å². The van der Waals surface area contributed by atoms with Gasteiger partial charge in [0.15, 0.2) is 0 Å². The maximum Gasteiger partial charge on any atom is 0.306 e. The molecule has 0 aromatic heterocycles. The first-order chi connectivity index (χ1) is 37.4. The predicted molar refractivity (Wildman–Crippen MR) is 330 cm³/mol. The summed E-state index contributed by atoms with van der Waals surface area (Å²) in [6, 6.07) is -0.920. The minimum absolute atomic E-state index is 0.0371. The van der Waals surface area contributed by atoms with Gasteiger partial charge in [-0.25, -0.2) is 0 Å². The number of esters is 1. The lowest BCUT2D eigenvalue weighted by molar-refractivity contribution is -0.870. The number of carbonyl (C=O) groups is 2. The molecule has 0 saturated heterocycles. The molecule has 0 aliphatic carbocycles. The number of phosphoric ester groups is 1. The number of rotatable bonds is 55. The van der Waals surface area contributed by atoms with Crippen molar-refractivity contribution in [3.8, 4) is 0 Å². The minimum Gasteiger partial charge on any atom is -0.756 e. The van der Waals surface area contributed by atoms with Gasteiger partial charge in [-0.15, -0.1) is 0 Å². The normalized spacial score (nSPS) is 14.4. The summed E-state index contributed by atoms with van der Waals surface area (Å²) >= 11 is 0. The van der Waals surface area contributed by atoms with Crippen LogP contribution < -0.4 is 10.2 Å². The molecule has 0 aromatic carbocycles. The third-order valence-corrected chi connectivity index (χ3v) is 14.2. The molecule has 0 aliphatic rings. The van der Waals surface area contributed by atoms with E-state index < -0.39 is 32.5 Å². The lowest BCUT2D eigenvalue weighted by Gasteiger charge is -2.30. The number of hydrogen-bond acceptors (Lipinski definition) is 7. The number of unbranched alkanes of at least 4 members (excludes halogenated alkanes) is 23. The van der Waals surface area contributed by atoms with E-state index in [1.165, 1.54) is 109 Å². The molecule has 1 N–H and O–H groups in total. The molecule has 0 saturated carbocycles. The molecule has 3 unspecified atom stereocenters. The highest BCUT2D eigenvalue weighted by atomic mass is 31.2. The molecule has 0 aliphatic heterocycles. The Morgan fingerprint density at radius 3 is 1.30 bits per heavy atom. The molecule has 3 atom stereocenters. The summed E-state index contributed by atoms with van der Waals surface area (Å²) in [6.07, 6.45) is 76.4. The number of likely N-dealkylation sites (N-methyl/N-ethyl adjacent to an activating group) is 1. The Bertz CT molecular complexity index is 1690. The first-order valence-electron chi connectivity index (χ1n) is 31.2. The van der Waals surface area contributed by atoms with Crippen molar-refractivity contribution in [2.75, 3.05) is 40.9 Å². The van der Waals surface area contributed by atoms with Crippen molar-refractivity contribution in [1.29, 1.82) is 0 Å². The molecule has 9 nitrogen and oxygen atoms in total. The Balaban J connectivity index is 5.26. The highest BCUT2D eigenvalue weighted by Gasteiger charge is 2.27. The Labute approximate surface area is 474 Å². The first-order valence-corrected chi connectivity index (χ1v) is 32.7. The van der Waals surface area contributed by atoms with Crippen LogP contribution in [0, 0.1) is 0 Å². The van der Waals surface area contributed by atoms with Crippen molar-refractivity contribution in [3.05, 3.63) is 109 Å². The third-order valence-electron chi connectivity index (χ3n) is 13.2. The quantitative estimate of drug-likeness (QED) is 0.0212. The van der Waals surface area contributed by atoms with Crippen molar-refractivity contribution in [1.82, 2.24) is 5.32 Å². The number of phosphoric acid groups is 1. The van der Waals surface area contributed by atoms with Crippen LogP contribution in [0.5, 0.6) is 0 Å². The van der Waals surface area contributed by atoms with Crippen LogP contribution in [0.25, 0.3) is 0 Å². The molecule has 0 heterocycles. The van der Waals surface area contributed by atoms with Gasteiger partial charge in [-0.3, -0.25) is 14.2 Å². The number of carbonyl (C=O) groups excluding carboxylic acids is 2. The molecule has 0 aromatic rings. The van der Waals surface area contributed by atoms with Crippen LogP contribution in [-0.4, -0.2) is 69.4 Å². The maximum atomic E-state index is 13.5. The summed E-state index contributed by atoms with van der Waals surface area (Å²) in [5, 5.41) is 3.01. The van der Waals surface area contributed by atoms with Crippen molar-refractivity contribution >= 4 is 19.7 Å². The highest BCUT2D eigenvalue weighted by molar-refractivity contribution is 7.45. The van der Waals surface area contributed by atoms with Crippen molar-refractivity contribution in [2.45, 2.75) is 264 Å². The Kier molecular flexibility index (Phi) is 53.5. The van der Waals surface area contributed by atoms with Gasteiger partial charge in [-0.05, 0) is 109 Å². The number of nitrogens with zero attached hydrogens (tertiary/aromatic N) is 1. The molecule has 1 amide bonds. The van der Waals surface area contributed by atoms with E-state index in [0.29, 0.717) is 23.9 Å². The molecule has 442 valence electrons. The fourth-order valence-electron chi connectivity index (χ4n) is 8.39. The number of quaternary nitrogens is 1. The van der Waals surface area contributed by atoms with E-state index in [4.69, 9.17) is 13.8 Å². The molecule has 10 heteroatoms. The van der Waals surface area contributed by atoms with Crippen molar-refractivity contribution < 1.29 is 37.3 Å². The zero-order chi connectivity index (χ0) is 56.4. The molecule has 0 spiro atoms. The second-order valence-corrected chi connectivity index (χ2v) is 23.2.